The van der Waals surface area contributed by atoms with Gasteiger partial charge in [0.05, 0.1) is 18.6 Å². The van der Waals surface area contributed by atoms with E-state index in [-0.39, 0.29) is 29.4 Å². The molecule has 0 saturated heterocycles. The Bertz CT molecular complexity index is 897. The summed E-state index contributed by atoms with van der Waals surface area (Å²) in [4.78, 5) is 12.7. The minimum atomic E-state index is -0.373. The molecule has 0 fully saturated rings. The molecule has 3 rings (SSSR count). The third-order valence-corrected chi connectivity index (χ3v) is 3.49. The Morgan fingerprint density at radius 3 is 2.57 bits per heavy atom. The van der Waals surface area contributed by atoms with E-state index in [4.69, 9.17) is 9.15 Å². The monoisotopic (exact) mass is 314 g/mol. The van der Waals surface area contributed by atoms with Crippen molar-refractivity contribution in [3.05, 3.63) is 64.1 Å². The van der Waals surface area contributed by atoms with Gasteiger partial charge >= 0.3 is 0 Å². The van der Waals surface area contributed by atoms with Crippen molar-refractivity contribution < 1.29 is 18.7 Å². The zero-order chi connectivity index (χ0) is 16.4. The predicted octanol–water partition coefficient (Wildman–Crippen LogP) is 3.49. The van der Waals surface area contributed by atoms with E-state index in [9.17, 15) is 14.3 Å². The number of fused-ring (bicyclic) bond motifs is 1. The first-order valence-corrected chi connectivity index (χ1v) is 7.23. The molecule has 5 heteroatoms. The van der Waals surface area contributed by atoms with Crippen LogP contribution in [0.1, 0.15) is 12.5 Å². The third-order valence-electron chi connectivity index (χ3n) is 3.49. The van der Waals surface area contributed by atoms with Gasteiger partial charge in [0.25, 0.3) is 0 Å². The summed E-state index contributed by atoms with van der Waals surface area (Å²) in [5.41, 5.74) is 1.24. The van der Waals surface area contributed by atoms with E-state index in [0.29, 0.717) is 28.7 Å². The van der Waals surface area contributed by atoms with Crippen LogP contribution in [0.2, 0.25) is 0 Å². The van der Waals surface area contributed by atoms with E-state index < -0.39 is 0 Å². The first-order valence-electron chi connectivity index (χ1n) is 7.23. The van der Waals surface area contributed by atoms with Crippen molar-refractivity contribution in [2.75, 3.05) is 6.61 Å². The maximum atomic E-state index is 13.1. The predicted molar refractivity (Wildman–Crippen MR) is 85.0 cm³/mol. The molecule has 0 saturated carbocycles. The molecule has 0 aliphatic rings. The number of benzene rings is 2. The molecule has 4 nitrogen and oxygen atoms in total. The number of rotatable bonds is 4. The molecular formula is C18H15FO4. The fourth-order valence-corrected chi connectivity index (χ4v) is 2.39. The highest BCUT2D eigenvalue weighted by atomic mass is 19.1. The zero-order valence-electron chi connectivity index (χ0n) is 12.5. The van der Waals surface area contributed by atoms with Gasteiger partial charge in [-0.2, -0.15) is 0 Å². The van der Waals surface area contributed by atoms with Gasteiger partial charge in [0.15, 0.2) is 5.76 Å². The van der Waals surface area contributed by atoms with Crippen LogP contribution in [0, 0.1) is 5.82 Å². The van der Waals surface area contributed by atoms with Crippen molar-refractivity contribution >= 4 is 11.0 Å². The molecule has 1 N–H and O–H groups in total. The minimum Gasteiger partial charge on any atom is -0.487 e. The number of aliphatic hydroxyl groups excluding tert-OH is 1. The second-order valence-electron chi connectivity index (χ2n) is 5.02. The Morgan fingerprint density at radius 1 is 1.17 bits per heavy atom. The maximum Gasteiger partial charge on any atom is 0.235 e. The van der Waals surface area contributed by atoms with E-state index in [2.05, 4.69) is 0 Å². The van der Waals surface area contributed by atoms with E-state index in [1.165, 1.54) is 24.3 Å². The van der Waals surface area contributed by atoms with E-state index in [1.54, 1.807) is 25.1 Å². The Hall–Kier alpha value is -2.66. The fraction of sp³-hybridized carbons (Fsp3) is 0.167. The fourth-order valence-electron chi connectivity index (χ4n) is 2.39. The van der Waals surface area contributed by atoms with Gasteiger partial charge in [-0.25, -0.2) is 4.39 Å². The average Bonchev–Trinajstić information content (AvgIpc) is 2.58. The molecule has 0 atom stereocenters. The summed E-state index contributed by atoms with van der Waals surface area (Å²) in [6.45, 7) is 1.89. The smallest absolute Gasteiger partial charge is 0.235 e. The summed E-state index contributed by atoms with van der Waals surface area (Å²) < 4.78 is 24.4. The second kappa shape index (κ2) is 6.22. The SMILES string of the molecule is CCOc1c(-c2ccc(F)cc2)oc2ccc(CO)cc2c1=O. The van der Waals surface area contributed by atoms with Crippen LogP contribution in [0.15, 0.2) is 51.7 Å². The van der Waals surface area contributed by atoms with Crippen LogP contribution in [0.5, 0.6) is 5.75 Å². The topological polar surface area (TPSA) is 59.7 Å². The Balaban J connectivity index is 2.30. The molecule has 0 amide bonds. The molecule has 23 heavy (non-hydrogen) atoms. The highest BCUT2D eigenvalue weighted by Gasteiger charge is 2.17. The molecule has 0 bridgehead atoms. The summed E-state index contributed by atoms with van der Waals surface area (Å²) in [5, 5.41) is 9.56. The molecule has 0 aliphatic carbocycles. The van der Waals surface area contributed by atoms with Gasteiger partial charge in [0.2, 0.25) is 11.2 Å². The number of hydrogen-bond donors (Lipinski definition) is 1. The average molecular weight is 314 g/mol. The molecule has 0 aliphatic heterocycles. The highest BCUT2D eigenvalue weighted by Crippen LogP contribution is 2.31. The van der Waals surface area contributed by atoms with E-state index in [1.807, 2.05) is 0 Å². The molecule has 1 aromatic heterocycles. The number of hydrogen-bond acceptors (Lipinski definition) is 4. The Labute approximate surface area is 131 Å². The summed E-state index contributed by atoms with van der Waals surface area (Å²) in [5.74, 6) is -0.0229. The van der Waals surface area contributed by atoms with Crippen molar-refractivity contribution in [2.24, 2.45) is 0 Å². The zero-order valence-corrected chi connectivity index (χ0v) is 12.5. The largest absolute Gasteiger partial charge is 0.487 e. The highest BCUT2D eigenvalue weighted by molar-refractivity contribution is 5.82. The standard InChI is InChI=1S/C18H15FO4/c1-2-22-18-16(21)14-9-11(10-20)3-8-15(14)23-17(18)12-4-6-13(19)7-5-12/h3-9,20H,2,10H2,1H3. The number of ether oxygens (including phenoxy) is 1. The van der Waals surface area contributed by atoms with Gasteiger partial charge in [-0.05, 0) is 48.9 Å². The van der Waals surface area contributed by atoms with Gasteiger partial charge in [-0.15, -0.1) is 0 Å². The third kappa shape index (κ3) is 2.83. The van der Waals surface area contributed by atoms with Crippen LogP contribution < -0.4 is 10.2 Å². The molecule has 118 valence electrons. The first kappa shape index (κ1) is 15.2. The molecular weight excluding hydrogens is 299 g/mol. The molecule has 0 spiro atoms. The maximum absolute atomic E-state index is 13.1. The lowest BCUT2D eigenvalue weighted by atomic mass is 10.1. The molecule has 0 radical (unpaired) electrons. The van der Waals surface area contributed by atoms with Crippen molar-refractivity contribution in [3.63, 3.8) is 0 Å². The molecule has 3 aromatic rings. The van der Waals surface area contributed by atoms with Crippen LogP contribution >= 0.6 is 0 Å². The van der Waals surface area contributed by atoms with Gasteiger partial charge in [0.1, 0.15) is 11.4 Å². The quantitative estimate of drug-likeness (QED) is 0.801. The molecule has 2 aromatic carbocycles. The second-order valence-corrected chi connectivity index (χ2v) is 5.02. The lowest BCUT2D eigenvalue weighted by Crippen LogP contribution is -2.10. The summed E-state index contributed by atoms with van der Waals surface area (Å²) >= 11 is 0. The first-order chi connectivity index (χ1) is 11.1. The van der Waals surface area contributed by atoms with Crippen LogP contribution in [0.25, 0.3) is 22.3 Å². The lowest BCUT2D eigenvalue weighted by Gasteiger charge is -2.11. The van der Waals surface area contributed by atoms with E-state index in [0.717, 1.165) is 0 Å². The Morgan fingerprint density at radius 2 is 1.91 bits per heavy atom. The molecule has 0 unspecified atom stereocenters. The number of halogens is 1. The molecule has 1 heterocycles. The normalized spacial score (nSPS) is 10.9. The minimum absolute atomic E-state index is 0.0849. The number of aliphatic hydroxyl groups is 1. The van der Waals surface area contributed by atoms with Crippen molar-refractivity contribution in [1.29, 1.82) is 0 Å². The van der Waals surface area contributed by atoms with Gasteiger partial charge in [-0.1, -0.05) is 6.07 Å². The summed E-state index contributed by atoms with van der Waals surface area (Å²) in [7, 11) is 0. The Kier molecular flexibility index (Phi) is 4.12. The van der Waals surface area contributed by atoms with E-state index >= 15 is 0 Å². The van der Waals surface area contributed by atoms with Crippen molar-refractivity contribution in [3.8, 4) is 17.1 Å². The van der Waals surface area contributed by atoms with Gasteiger partial charge in [0, 0.05) is 5.56 Å². The van der Waals surface area contributed by atoms with Crippen LogP contribution in [0.3, 0.4) is 0 Å². The van der Waals surface area contributed by atoms with Crippen LogP contribution in [-0.2, 0) is 6.61 Å². The lowest BCUT2D eigenvalue weighted by molar-refractivity contribution is 0.282. The van der Waals surface area contributed by atoms with Gasteiger partial charge < -0.3 is 14.3 Å². The summed E-state index contributed by atoms with van der Waals surface area (Å²) in [6, 6.07) is 10.5. The van der Waals surface area contributed by atoms with Crippen LogP contribution in [0.4, 0.5) is 4.39 Å². The van der Waals surface area contributed by atoms with Crippen molar-refractivity contribution in [1.82, 2.24) is 0 Å². The van der Waals surface area contributed by atoms with Crippen LogP contribution in [-0.4, -0.2) is 11.7 Å². The van der Waals surface area contributed by atoms with Crippen molar-refractivity contribution in [2.45, 2.75) is 13.5 Å². The van der Waals surface area contributed by atoms with Gasteiger partial charge in [-0.3, -0.25) is 4.79 Å². The summed E-state index contributed by atoms with van der Waals surface area (Å²) in [6.07, 6.45) is 0.